The molecule has 0 fully saturated rings. The van der Waals surface area contributed by atoms with Gasteiger partial charge in [0.1, 0.15) is 6.29 Å². The largest absolute Gasteiger partial charge is 0.298 e. The molecule has 0 heterocycles. The zero-order chi connectivity index (χ0) is 22.5. The van der Waals surface area contributed by atoms with Crippen molar-refractivity contribution in [3.05, 3.63) is 69.9 Å². The first kappa shape index (κ1) is 25.5. The monoisotopic (exact) mass is 408 g/mol. The smallest absolute Gasteiger partial charge is 0.185 e. The molecule has 1 rings (SSSR count). The van der Waals surface area contributed by atoms with Gasteiger partial charge in [0.15, 0.2) is 11.6 Å². The van der Waals surface area contributed by atoms with E-state index in [0.29, 0.717) is 17.6 Å². The Balaban J connectivity index is 2.41. The van der Waals surface area contributed by atoms with Gasteiger partial charge in [-0.2, -0.15) is 0 Å². The van der Waals surface area contributed by atoms with Gasteiger partial charge in [-0.05, 0) is 97.3 Å². The van der Waals surface area contributed by atoms with E-state index >= 15 is 0 Å². The summed E-state index contributed by atoms with van der Waals surface area (Å²) in [6.45, 7) is 10.0. The van der Waals surface area contributed by atoms with Crippen molar-refractivity contribution in [2.45, 2.75) is 79.6 Å². The third kappa shape index (κ3) is 10.3. The summed E-state index contributed by atoms with van der Waals surface area (Å²) in [5.74, 6) is -0.131. The van der Waals surface area contributed by atoms with E-state index in [1.54, 1.807) is 6.92 Å². The van der Waals surface area contributed by atoms with E-state index in [9.17, 15) is 14.4 Å². The molecule has 0 saturated heterocycles. The Morgan fingerprint density at radius 3 is 2.03 bits per heavy atom. The molecule has 0 aliphatic heterocycles. The van der Waals surface area contributed by atoms with Crippen molar-refractivity contribution in [3.8, 4) is 0 Å². The van der Waals surface area contributed by atoms with Crippen molar-refractivity contribution in [1.29, 1.82) is 0 Å². The van der Waals surface area contributed by atoms with Crippen molar-refractivity contribution in [3.63, 3.8) is 0 Å². The van der Waals surface area contributed by atoms with Crippen LogP contribution in [0.15, 0.2) is 69.9 Å². The minimum atomic E-state index is -0.101. The summed E-state index contributed by atoms with van der Waals surface area (Å²) >= 11 is 0. The second kappa shape index (κ2) is 13.6. The lowest BCUT2D eigenvalue weighted by atomic mass is 9.94. The molecule has 0 bridgehead atoms. The highest BCUT2D eigenvalue weighted by molar-refractivity contribution is 6.20. The number of aldehydes is 1. The molecule has 1 aliphatic rings. The molecule has 0 aromatic heterocycles. The van der Waals surface area contributed by atoms with Crippen LogP contribution in [-0.2, 0) is 14.4 Å². The molecule has 0 aromatic rings. The Kier molecular flexibility index (Phi) is 11.6. The minimum Gasteiger partial charge on any atom is -0.298 e. The molecule has 1 aliphatic carbocycles. The van der Waals surface area contributed by atoms with Crippen LogP contribution in [0.2, 0.25) is 0 Å². The summed E-state index contributed by atoms with van der Waals surface area (Å²) in [4.78, 5) is 34.9. The number of allylic oxidation sites excluding steroid dienone is 12. The van der Waals surface area contributed by atoms with Gasteiger partial charge in [-0.1, -0.05) is 41.0 Å². The van der Waals surface area contributed by atoms with E-state index in [2.05, 4.69) is 45.9 Å². The predicted octanol–water partition coefficient (Wildman–Crippen LogP) is 6.73. The molecule has 30 heavy (non-hydrogen) atoms. The van der Waals surface area contributed by atoms with Crippen molar-refractivity contribution < 1.29 is 14.4 Å². The number of ketones is 2. The average Bonchev–Trinajstić information content (AvgIpc) is 2.68. The molecular formula is C27H36O3. The van der Waals surface area contributed by atoms with E-state index in [0.717, 1.165) is 50.4 Å². The first-order valence-corrected chi connectivity index (χ1v) is 10.8. The van der Waals surface area contributed by atoms with Crippen LogP contribution >= 0.6 is 0 Å². The highest BCUT2D eigenvalue weighted by Gasteiger charge is 2.17. The molecule has 0 spiro atoms. The van der Waals surface area contributed by atoms with Crippen LogP contribution in [0.5, 0.6) is 0 Å². The van der Waals surface area contributed by atoms with E-state index in [4.69, 9.17) is 0 Å². The number of carbonyl (C=O) groups excluding carboxylic acids is 3. The number of rotatable bonds is 12. The maximum Gasteiger partial charge on any atom is 0.185 e. The second-order valence-electron chi connectivity index (χ2n) is 8.33. The standard InChI is InChI=1S/C27H36O3/c1-20(2)9-6-13-24(19-28)14-8-12-21(3)10-7-11-22(4)15-16-25-18-26(29)17-23(5)27(25)30/h9-10,14-15,17-19H,6-8,11-13,16H2,1-5H3. The van der Waals surface area contributed by atoms with Crippen molar-refractivity contribution in [2.24, 2.45) is 0 Å². The fourth-order valence-corrected chi connectivity index (χ4v) is 3.22. The van der Waals surface area contributed by atoms with Gasteiger partial charge in [0.25, 0.3) is 0 Å². The van der Waals surface area contributed by atoms with Gasteiger partial charge in [-0.25, -0.2) is 0 Å². The van der Waals surface area contributed by atoms with Crippen LogP contribution in [0.3, 0.4) is 0 Å². The molecule has 0 atom stereocenters. The Morgan fingerprint density at radius 1 is 0.800 bits per heavy atom. The lowest BCUT2D eigenvalue weighted by Gasteiger charge is -2.09. The van der Waals surface area contributed by atoms with Gasteiger partial charge in [-0.3, -0.25) is 14.4 Å². The summed E-state index contributed by atoms with van der Waals surface area (Å²) in [5.41, 5.74) is 5.80. The zero-order valence-electron chi connectivity index (χ0n) is 19.2. The van der Waals surface area contributed by atoms with E-state index in [-0.39, 0.29) is 11.6 Å². The topological polar surface area (TPSA) is 51.2 Å². The molecule has 0 unspecified atom stereocenters. The van der Waals surface area contributed by atoms with Crippen LogP contribution in [0.25, 0.3) is 0 Å². The highest BCUT2D eigenvalue weighted by Crippen LogP contribution is 2.18. The Morgan fingerprint density at radius 2 is 1.40 bits per heavy atom. The number of hydrogen-bond donors (Lipinski definition) is 0. The van der Waals surface area contributed by atoms with Gasteiger partial charge in [0.05, 0.1) is 0 Å². The van der Waals surface area contributed by atoms with E-state index < -0.39 is 0 Å². The molecule has 162 valence electrons. The summed E-state index contributed by atoms with van der Waals surface area (Å²) < 4.78 is 0. The lowest BCUT2D eigenvalue weighted by molar-refractivity contribution is -0.115. The van der Waals surface area contributed by atoms with Crippen molar-refractivity contribution >= 4 is 17.9 Å². The minimum absolute atomic E-state index is 0.0296. The van der Waals surface area contributed by atoms with Gasteiger partial charge in [-0.15, -0.1) is 0 Å². The number of Topliss-reactive ketones (excluding diaryl/α,β-unsaturated/α-hetero) is 1. The van der Waals surface area contributed by atoms with Crippen LogP contribution in [0.1, 0.15) is 79.6 Å². The fourth-order valence-electron chi connectivity index (χ4n) is 3.22. The molecule has 3 nitrogen and oxygen atoms in total. The third-order valence-corrected chi connectivity index (χ3v) is 5.11. The van der Waals surface area contributed by atoms with Gasteiger partial charge in [0.2, 0.25) is 0 Å². The van der Waals surface area contributed by atoms with Crippen molar-refractivity contribution in [1.82, 2.24) is 0 Å². The SMILES string of the molecule is CC(C)=CCCC(C=O)=CCCC(C)=CCCC(C)=CCC1=CC(=O)C=C(C)C1=O. The molecule has 0 N–H and O–H groups in total. The highest BCUT2D eigenvalue weighted by atomic mass is 16.1. The molecular weight excluding hydrogens is 372 g/mol. The van der Waals surface area contributed by atoms with Gasteiger partial charge in [0, 0.05) is 11.1 Å². The first-order valence-electron chi connectivity index (χ1n) is 10.8. The van der Waals surface area contributed by atoms with Crippen molar-refractivity contribution in [2.75, 3.05) is 0 Å². The van der Waals surface area contributed by atoms with Crippen LogP contribution in [0, 0.1) is 0 Å². The number of carbonyl (C=O) groups is 3. The van der Waals surface area contributed by atoms with Crippen LogP contribution < -0.4 is 0 Å². The average molecular weight is 409 g/mol. The fraction of sp³-hybridized carbons (Fsp3) is 0.444. The second-order valence-corrected chi connectivity index (χ2v) is 8.33. The maximum atomic E-state index is 12.1. The van der Waals surface area contributed by atoms with E-state index in [1.807, 2.05) is 6.08 Å². The molecule has 3 heteroatoms. The van der Waals surface area contributed by atoms with E-state index in [1.165, 1.54) is 28.9 Å². The quantitative estimate of drug-likeness (QED) is 0.156. The Hall–Kier alpha value is -2.55. The molecule has 0 radical (unpaired) electrons. The molecule has 0 amide bonds. The third-order valence-electron chi connectivity index (χ3n) is 5.11. The van der Waals surface area contributed by atoms with Gasteiger partial charge >= 0.3 is 0 Å². The van der Waals surface area contributed by atoms with Crippen LogP contribution in [0.4, 0.5) is 0 Å². The number of hydrogen-bond acceptors (Lipinski definition) is 3. The molecule has 0 saturated carbocycles. The summed E-state index contributed by atoms with van der Waals surface area (Å²) in [6, 6.07) is 0. The Labute approximate surface area is 182 Å². The van der Waals surface area contributed by atoms with Gasteiger partial charge < -0.3 is 0 Å². The van der Waals surface area contributed by atoms with Crippen LogP contribution in [-0.4, -0.2) is 17.9 Å². The summed E-state index contributed by atoms with van der Waals surface area (Å²) in [5, 5.41) is 0. The first-order chi connectivity index (χ1) is 14.2. The predicted molar refractivity (Wildman–Crippen MR) is 125 cm³/mol. The lowest BCUT2D eigenvalue weighted by Crippen LogP contribution is -2.12. The summed E-state index contributed by atoms with van der Waals surface area (Å²) in [6.07, 6.45) is 18.3. The normalized spacial score (nSPS) is 15.7. The Bertz CT molecular complexity index is 822. The summed E-state index contributed by atoms with van der Waals surface area (Å²) in [7, 11) is 0. The maximum absolute atomic E-state index is 12.1. The zero-order valence-corrected chi connectivity index (χ0v) is 19.2. The molecule has 0 aromatic carbocycles.